The molecular formula is C25H28N4O4. The van der Waals surface area contributed by atoms with Crippen LogP contribution in [0.2, 0.25) is 0 Å². The predicted molar refractivity (Wildman–Crippen MR) is 127 cm³/mol. The lowest BCUT2D eigenvalue weighted by molar-refractivity contribution is -0.120. The van der Waals surface area contributed by atoms with Gasteiger partial charge in [0, 0.05) is 42.5 Å². The van der Waals surface area contributed by atoms with Gasteiger partial charge < -0.3 is 24.4 Å². The minimum absolute atomic E-state index is 0.0337. The van der Waals surface area contributed by atoms with Crippen molar-refractivity contribution < 1.29 is 19.0 Å². The molecule has 0 aliphatic carbocycles. The topological polar surface area (TPSA) is 85.8 Å². The number of benzene rings is 2. The third-order valence-electron chi connectivity index (χ3n) is 5.77. The summed E-state index contributed by atoms with van der Waals surface area (Å²) in [6.45, 7) is 1.41. The van der Waals surface area contributed by atoms with Gasteiger partial charge in [-0.15, -0.1) is 10.2 Å². The largest absolute Gasteiger partial charge is 0.497 e. The van der Waals surface area contributed by atoms with Crippen molar-refractivity contribution in [3.05, 3.63) is 54.6 Å². The van der Waals surface area contributed by atoms with Crippen LogP contribution in [0.15, 0.2) is 54.6 Å². The van der Waals surface area contributed by atoms with Gasteiger partial charge >= 0.3 is 0 Å². The number of methoxy groups -OCH3 is 3. The Morgan fingerprint density at radius 2 is 1.73 bits per heavy atom. The summed E-state index contributed by atoms with van der Waals surface area (Å²) in [6.07, 6.45) is 1.71. The lowest BCUT2D eigenvalue weighted by atomic mass is 9.97. The number of nitrogens with zero attached hydrogens (tertiary/aromatic N) is 3. The van der Waals surface area contributed by atoms with Crippen molar-refractivity contribution in [2.24, 2.45) is 5.92 Å². The van der Waals surface area contributed by atoms with E-state index >= 15 is 0 Å². The summed E-state index contributed by atoms with van der Waals surface area (Å²) in [7, 11) is 4.81. The summed E-state index contributed by atoms with van der Waals surface area (Å²) in [6, 6.07) is 16.9. The quantitative estimate of drug-likeness (QED) is 0.584. The summed E-state index contributed by atoms with van der Waals surface area (Å²) < 4.78 is 16.0. The molecule has 1 unspecified atom stereocenters. The molecule has 3 aromatic rings. The number of anilines is 2. The Morgan fingerprint density at radius 3 is 2.39 bits per heavy atom. The second-order valence-corrected chi connectivity index (χ2v) is 7.85. The van der Waals surface area contributed by atoms with Crippen LogP contribution in [0.1, 0.15) is 12.8 Å². The van der Waals surface area contributed by atoms with Gasteiger partial charge in [-0.3, -0.25) is 4.79 Å². The summed E-state index contributed by atoms with van der Waals surface area (Å²) in [5.74, 6) is 2.57. The molecule has 2 heterocycles. The van der Waals surface area contributed by atoms with Gasteiger partial charge in [0.05, 0.1) is 32.9 Å². The molecule has 0 saturated carbocycles. The zero-order chi connectivity index (χ0) is 23.2. The van der Waals surface area contributed by atoms with Gasteiger partial charge in [-0.1, -0.05) is 12.1 Å². The Hall–Kier alpha value is -3.81. The average Bonchev–Trinajstić information content (AvgIpc) is 2.88. The van der Waals surface area contributed by atoms with Crippen LogP contribution in [0.5, 0.6) is 17.2 Å². The summed E-state index contributed by atoms with van der Waals surface area (Å²) in [5, 5.41) is 11.8. The van der Waals surface area contributed by atoms with E-state index in [1.54, 1.807) is 39.5 Å². The van der Waals surface area contributed by atoms with Crippen LogP contribution in [0.25, 0.3) is 11.3 Å². The van der Waals surface area contributed by atoms with E-state index in [1.807, 2.05) is 36.4 Å². The average molecular weight is 449 g/mol. The van der Waals surface area contributed by atoms with E-state index in [4.69, 9.17) is 14.2 Å². The number of amides is 1. The fourth-order valence-corrected chi connectivity index (χ4v) is 4.02. The number of hydrogen-bond donors (Lipinski definition) is 1. The minimum atomic E-state index is -0.161. The molecule has 2 aromatic carbocycles. The molecule has 1 amide bonds. The van der Waals surface area contributed by atoms with Crippen LogP contribution in [0, 0.1) is 5.92 Å². The first kappa shape index (κ1) is 22.4. The van der Waals surface area contributed by atoms with E-state index in [0.717, 1.165) is 42.2 Å². The second kappa shape index (κ2) is 10.2. The third kappa shape index (κ3) is 5.16. The molecule has 1 saturated heterocycles. The first-order valence-electron chi connectivity index (χ1n) is 10.9. The lowest BCUT2D eigenvalue weighted by Crippen LogP contribution is -2.41. The molecule has 1 atom stereocenters. The van der Waals surface area contributed by atoms with Gasteiger partial charge in [0.2, 0.25) is 5.91 Å². The van der Waals surface area contributed by atoms with Gasteiger partial charge in [-0.2, -0.15) is 0 Å². The first-order valence-corrected chi connectivity index (χ1v) is 10.9. The van der Waals surface area contributed by atoms with E-state index in [1.165, 1.54) is 0 Å². The maximum Gasteiger partial charge on any atom is 0.229 e. The number of ether oxygens (including phenoxy) is 3. The van der Waals surface area contributed by atoms with Gasteiger partial charge in [0.15, 0.2) is 5.82 Å². The number of piperidine rings is 1. The number of para-hydroxylation sites is 1. The van der Waals surface area contributed by atoms with Gasteiger partial charge in [-0.05, 0) is 37.1 Å². The number of carbonyl (C=O) groups is 1. The molecule has 1 aliphatic rings. The van der Waals surface area contributed by atoms with E-state index in [9.17, 15) is 4.79 Å². The monoisotopic (exact) mass is 448 g/mol. The van der Waals surface area contributed by atoms with Gasteiger partial charge in [-0.25, -0.2) is 0 Å². The maximum absolute atomic E-state index is 13.0. The van der Waals surface area contributed by atoms with Crippen LogP contribution < -0.4 is 24.4 Å². The van der Waals surface area contributed by atoms with Crippen molar-refractivity contribution in [2.75, 3.05) is 44.6 Å². The molecule has 1 N–H and O–H groups in total. The number of hydrogen-bond acceptors (Lipinski definition) is 7. The highest BCUT2D eigenvalue weighted by atomic mass is 16.5. The molecule has 1 aliphatic heterocycles. The Bertz CT molecular complexity index is 1080. The normalized spacial score (nSPS) is 15.6. The molecule has 0 radical (unpaired) electrons. The maximum atomic E-state index is 13.0. The standard InChI is InChI=1S/C25H28N4O4/c1-31-19-13-18(14-20(15-19)32-2)26-25(30)17-7-6-12-29(16-17)24-11-10-22(27-28-24)21-8-4-5-9-23(21)33-3/h4-5,8-11,13-15,17H,6-7,12,16H2,1-3H3,(H,26,30). The lowest BCUT2D eigenvalue weighted by Gasteiger charge is -2.32. The summed E-state index contributed by atoms with van der Waals surface area (Å²) in [4.78, 5) is 15.1. The summed E-state index contributed by atoms with van der Waals surface area (Å²) in [5.41, 5.74) is 2.28. The van der Waals surface area contributed by atoms with Crippen LogP contribution in [-0.2, 0) is 4.79 Å². The first-order chi connectivity index (χ1) is 16.1. The third-order valence-corrected chi connectivity index (χ3v) is 5.77. The van der Waals surface area contributed by atoms with Crippen molar-refractivity contribution in [2.45, 2.75) is 12.8 Å². The second-order valence-electron chi connectivity index (χ2n) is 7.85. The Kier molecular flexibility index (Phi) is 6.92. The highest BCUT2D eigenvalue weighted by molar-refractivity contribution is 5.93. The van der Waals surface area contributed by atoms with Crippen molar-refractivity contribution in [1.82, 2.24) is 10.2 Å². The van der Waals surface area contributed by atoms with Crippen LogP contribution in [0.3, 0.4) is 0 Å². The van der Waals surface area contributed by atoms with Gasteiger partial charge in [0.25, 0.3) is 0 Å². The molecule has 8 nitrogen and oxygen atoms in total. The molecular weight excluding hydrogens is 420 g/mol. The minimum Gasteiger partial charge on any atom is -0.497 e. The van der Waals surface area contributed by atoms with Crippen LogP contribution >= 0.6 is 0 Å². The fourth-order valence-electron chi connectivity index (χ4n) is 4.02. The molecule has 1 aromatic heterocycles. The van der Waals surface area contributed by atoms with Crippen molar-refractivity contribution in [3.8, 4) is 28.5 Å². The van der Waals surface area contributed by atoms with E-state index < -0.39 is 0 Å². The van der Waals surface area contributed by atoms with Crippen LogP contribution in [-0.4, -0.2) is 50.5 Å². The van der Waals surface area contributed by atoms with Crippen molar-refractivity contribution in [1.29, 1.82) is 0 Å². The fraction of sp³-hybridized carbons (Fsp3) is 0.320. The molecule has 172 valence electrons. The molecule has 8 heteroatoms. The Morgan fingerprint density at radius 1 is 0.970 bits per heavy atom. The SMILES string of the molecule is COc1cc(NC(=O)C2CCCN(c3ccc(-c4ccccc4OC)nn3)C2)cc(OC)c1. The number of rotatable bonds is 7. The zero-order valence-electron chi connectivity index (χ0n) is 19.1. The molecule has 0 spiro atoms. The highest BCUT2D eigenvalue weighted by Crippen LogP contribution is 2.30. The number of carbonyl (C=O) groups excluding carboxylic acids is 1. The summed E-state index contributed by atoms with van der Waals surface area (Å²) >= 11 is 0. The van der Waals surface area contributed by atoms with E-state index in [0.29, 0.717) is 23.7 Å². The van der Waals surface area contributed by atoms with Crippen molar-refractivity contribution >= 4 is 17.4 Å². The Labute approximate surface area is 193 Å². The molecule has 4 rings (SSSR count). The van der Waals surface area contributed by atoms with Crippen LogP contribution in [0.4, 0.5) is 11.5 Å². The van der Waals surface area contributed by atoms with Crippen molar-refractivity contribution in [3.63, 3.8) is 0 Å². The smallest absolute Gasteiger partial charge is 0.229 e. The zero-order valence-corrected chi connectivity index (χ0v) is 19.1. The highest BCUT2D eigenvalue weighted by Gasteiger charge is 2.27. The van der Waals surface area contributed by atoms with Gasteiger partial charge in [0.1, 0.15) is 17.2 Å². The molecule has 33 heavy (non-hydrogen) atoms. The molecule has 0 bridgehead atoms. The molecule has 1 fully saturated rings. The number of nitrogens with one attached hydrogen (secondary N) is 1. The van der Waals surface area contributed by atoms with E-state index in [-0.39, 0.29) is 11.8 Å². The van der Waals surface area contributed by atoms with E-state index in [2.05, 4.69) is 20.4 Å². The predicted octanol–water partition coefficient (Wildman–Crippen LogP) is 4.02. The number of aromatic nitrogens is 2. The Balaban J connectivity index is 1.45.